The molecule has 1 heterocycles. The molecule has 0 saturated heterocycles. The van der Waals surface area contributed by atoms with Crippen LogP contribution >= 0.6 is 0 Å². The summed E-state index contributed by atoms with van der Waals surface area (Å²) in [5.41, 5.74) is 7.85. The molecule has 0 aliphatic carbocycles. The van der Waals surface area contributed by atoms with Crippen molar-refractivity contribution in [2.45, 2.75) is 6.54 Å². The van der Waals surface area contributed by atoms with Crippen LogP contribution in [0.15, 0.2) is 30.5 Å². The number of H-pyrrole nitrogens is 1. The van der Waals surface area contributed by atoms with Crippen molar-refractivity contribution in [2.24, 2.45) is 5.73 Å². The van der Waals surface area contributed by atoms with E-state index in [0.717, 1.165) is 0 Å². The predicted octanol–water partition coefficient (Wildman–Crippen LogP) is 0.782. The molecule has 1 aromatic carbocycles. The van der Waals surface area contributed by atoms with E-state index in [0.29, 0.717) is 6.54 Å². The Morgan fingerprint density at radius 1 is 1.18 bits per heavy atom. The number of carboxylic acid groups (broad SMARTS) is 2. The summed E-state index contributed by atoms with van der Waals surface area (Å²) in [6.45, 7) is 0.612. The Kier molecular flexibility index (Phi) is 4.24. The van der Waals surface area contributed by atoms with Crippen molar-refractivity contribution >= 4 is 22.8 Å². The van der Waals surface area contributed by atoms with E-state index in [4.69, 9.17) is 25.5 Å². The lowest BCUT2D eigenvalue weighted by Gasteiger charge is -1.94. The standard InChI is InChI=1S/C9H10N2.C2H2O4/c10-6-7-1-2-9-8(5-7)3-4-11-9;3-1(4)2(5)6/h1-5,11H,6,10H2;(H,3,4)(H,5,6). The summed E-state index contributed by atoms with van der Waals surface area (Å²) in [4.78, 5) is 21.3. The van der Waals surface area contributed by atoms with E-state index in [1.165, 1.54) is 16.5 Å². The lowest BCUT2D eigenvalue weighted by atomic mass is 10.1. The van der Waals surface area contributed by atoms with Crippen LogP contribution in [0.4, 0.5) is 0 Å². The van der Waals surface area contributed by atoms with Crippen LogP contribution in [0.3, 0.4) is 0 Å². The molecule has 2 aromatic rings. The molecule has 0 aliphatic rings. The van der Waals surface area contributed by atoms with Crippen LogP contribution in [0.5, 0.6) is 0 Å². The van der Waals surface area contributed by atoms with Gasteiger partial charge >= 0.3 is 11.9 Å². The Balaban J connectivity index is 0.000000209. The van der Waals surface area contributed by atoms with Crippen LogP contribution in [0.2, 0.25) is 0 Å². The maximum Gasteiger partial charge on any atom is 0.414 e. The van der Waals surface area contributed by atoms with Gasteiger partial charge in [-0.1, -0.05) is 6.07 Å². The maximum absolute atomic E-state index is 9.10. The first-order valence-electron chi connectivity index (χ1n) is 4.77. The second-order valence-electron chi connectivity index (χ2n) is 3.21. The summed E-state index contributed by atoms with van der Waals surface area (Å²) in [6, 6.07) is 8.25. The van der Waals surface area contributed by atoms with E-state index >= 15 is 0 Å². The molecule has 0 unspecified atom stereocenters. The van der Waals surface area contributed by atoms with Gasteiger partial charge in [-0.05, 0) is 29.1 Å². The number of aromatic amines is 1. The second kappa shape index (κ2) is 5.66. The number of nitrogens with one attached hydrogen (secondary N) is 1. The van der Waals surface area contributed by atoms with Crippen LogP contribution in [-0.2, 0) is 16.1 Å². The number of hydrogen-bond donors (Lipinski definition) is 4. The van der Waals surface area contributed by atoms with Gasteiger partial charge in [-0.2, -0.15) is 0 Å². The smallest absolute Gasteiger partial charge is 0.414 e. The normalized spacial score (nSPS) is 9.47. The molecule has 2 rings (SSSR count). The largest absolute Gasteiger partial charge is 0.473 e. The Morgan fingerprint density at radius 3 is 2.35 bits per heavy atom. The van der Waals surface area contributed by atoms with Crippen molar-refractivity contribution in [3.8, 4) is 0 Å². The molecule has 0 aliphatic heterocycles. The molecule has 0 radical (unpaired) electrons. The topological polar surface area (TPSA) is 116 Å². The van der Waals surface area contributed by atoms with Gasteiger partial charge in [0, 0.05) is 18.3 Å². The molecule has 6 nitrogen and oxygen atoms in total. The maximum atomic E-state index is 9.10. The zero-order valence-corrected chi connectivity index (χ0v) is 8.88. The molecule has 90 valence electrons. The van der Waals surface area contributed by atoms with Crippen molar-refractivity contribution in [3.05, 3.63) is 36.0 Å². The zero-order chi connectivity index (χ0) is 12.8. The van der Waals surface area contributed by atoms with E-state index in [1.807, 2.05) is 12.3 Å². The van der Waals surface area contributed by atoms with Gasteiger partial charge in [0.1, 0.15) is 0 Å². The summed E-state index contributed by atoms with van der Waals surface area (Å²) < 4.78 is 0. The van der Waals surface area contributed by atoms with Crippen LogP contribution in [0, 0.1) is 0 Å². The van der Waals surface area contributed by atoms with Gasteiger partial charge in [0.2, 0.25) is 0 Å². The molecule has 0 saturated carbocycles. The van der Waals surface area contributed by atoms with Crippen molar-refractivity contribution in [1.82, 2.24) is 4.98 Å². The average molecular weight is 236 g/mol. The van der Waals surface area contributed by atoms with Gasteiger partial charge in [-0.25, -0.2) is 9.59 Å². The van der Waals surface area contributed by atoms with E-state index in [1.54, 1.807) is 0 Å². The molecule has 0 spiro atoms. The van der Waals surface area contributed by atoms with Crippen molar-refractivity contribution < 1.29 is 19.8 Å². The summed E-state index contributed by atoms with van der Waals surface area (Å²) >= 11 is 0. The monoisotopic (exact) mass is 236 g/mol. The third-order valence-corrected chi connectivity index (χ3v) is 2.04. The van der Waals surface area contributed by atoms with Crippen LogP contribution in [0.1, 0.15) is 5.56 Å². The minimum Gasteiger partial charge on any atom is -0.473 e. The molecule has 0 bridgehead atoms. The highest BCUT2D eigenvalue weighted by Crippen LogP contribution is 2.13. The lowest BCUT2D eigenvalue weighted by molar-refractivity contribution is -0.159. The molecular formula is C11H12N2O4. The van der Waals surface area contributed by atoms with E-state index < -0.39 is 11.9 Å². The Hall–Kier alpha value is -2.34. The fourth-order valence-electron chi connectivity index (χ4n) is 1.23. The number of aliphatic carboxylic acids is 2. The third kappa shape index (κ3) is 3.62. The highest BCUT2D eigenvalue weighted by molar-refractivity contribution is 6.27. The van der Waals surface area contributed by atoms with Crippen molar-refractivity contribution in [1.29, 1.82) is 0 Å². The molecule has 17 heavy (non-hydrogen) atoms. The number of fused-ring (bicyclic) bond motifs is 1. The first-order valence-corrected chi connectivity index (χ1v) is 4.77. The Bertz CT molecular complexity index is 521. The summed E-state index contributed by atoms with van der Waals surface area (Å²) in [6.07, 6.45) is 1.94. The summed E-state index contributed by atoms with van der Waals surface area (Å²) in [7, 11) is 0. The second-order valence-corrected chi connectivity index (χ2v) is 3.21. The number of nitrogens with two attached hydrogens (primary N) is 1. The predicted molar refractivity (Wildman–Crippen MR) is 61.5 cm³/mol. The number of benzene rings is 1. The minimum atomic E-state index is -1.82. The number of rotatable bonds is 1. The van der Waals surface area contributed by atoms with Crippen LogP contribution in [-0.4, -0.2) is 27.1 Å². The molecule has 0 fully saturated rings. The van der Waals surface area contributed by atoms with E-state index in [-0.39, 0.29) is 0 Å². The highest BCUT2D eigenvalue weighted by atomic mass is 16.4. The fraction of sp³-hybridized carbons (Fsp3) is 0.0909. The Morgan fingerprint density at radius 2 is 1.82 bits per heavy atom. The van der Waals surface area contributed by atoms with E-state index in [9.17, 15) is 0 Å². The first-order chi connectivity index (χ1) is 8.04. The quantitative estimate of drug-likeness (QED) is 0.546. The van der Waals surface area contributed by atoms with Crippen molar-refractivity contribution in [2.75, 3.05) is 0 Å². The SMILES string of the molecule is NCc1ccc2[nH]ccc2c1.O=C(O)C(=O)O. The zero-order valence-electron chi connectivity index (χ0n) is 8.88. The van der Waals surface area contributed by atoms with Gasteiger partial charge in [0.25, 0.3) is 0 Å². The molecular weight excluding hydrogens is 224 g/mol. The molecule has 5 N–H and O–H groups in total. The molecule has 6 heteroatoms. The lowest BCUT2D eigenvalue weighted by Crippen LogP contribution is -2.09. The van der Waals surface area contributed by atoms with Gasteiger partial charge < -0.3 is 20.9 Å². The highest BCUT2D eigenvalue weighted by Gasteiger charge is 2.04. The summed E-state index contributed by atoms with van der Waals surface area (Å²) in [5, 5.41) is 16.0. The minimum absolute atomic E-state index is 0.612. The summed E-state index contributed by atoms with van der Waals surface area (Å²) in [5.74, 6) is -3.65. The van der Waals surface area contributed by atoms with Gasteiger partial charge in [0.15, 0.2) is 0 Å². The van der Waals surface area contributed by atoms with E-state index in [2.05, 4.69) is 23.2 Å². The van der Waals surface area contributed by atoms with Crippen LogP contribution in [0.25, 0.3) is 10.9 Å². The van der Waals surface area contributed by atoms with Crippen molar-refractivity contribution in [3.63, 3.8) is 0 Å². The average Bonchev–Trinajstić information content (AvgIpc) is 2.76. The van der Waals surface area contributed by atoms with Crippen LogP contribution < -0.4 is 5.73 Å². The molecule has 0 atom stereocenters. The number of aromatic nitrogens is 1. The third-order valence-electron chi connectivity index (χ3n) is 2.04. The Labute approximate surface area is 96.7 Å². The molecule has 1 aromatic heterocycles. The van der Waals surface area contributed by atoms with Gasteiger partial charge in [-0.15, -0.1) is 0 Å². The number of carbonyl (C=O) groups is 2. The fourth-order valence-corrected chi connectivity index (χ4v) is 1.23. The number of hydrogen-bond acceptors (Lipinski definition) is 3. The van der Waals surface area contributed by atoms with Gasteiger partial charge in [0.05, 0.1) is 0 Å². The van der Waals surface area contributed by atoms with Gasteiger partial charge in [-0.3, -0.25) is 0 Å². The number of carboxylic acids is 2. The first kappa shape index (κ1) is 12.7. The molecule has 0 amide bonds.